The number of hydrogen-bond acceptors (Lipinski definition) is 4. The molecule has 7 heteroatoms. The number of nitrogens with one attached hydrogen (secondary N) is 2. The minimum atomic E-state index is -0.121. The zero-order valence-corrected chi connectivity index (χ0v) is 12.8. The summed E-state index contributed by atoms with van der Waals surface area (Å²) in [5, 5.41) is 8.17. The van der Waals surface area contributed by atoms with E-state index >= 15 is 0 Å². The quantitative estimate of drug-likeness (QED) is 0.862. The van der Waals surface area contributed by atoms with Crippen molar-refractivity contribution in [2.45, 2.75) is 33.2 Å². The van der Waals surface area contributed by atoms with E-state index in [4.69, 9.17) is 0 Å². The highest BCUT2D eigenvalue weighted by Gasteiger charge is 2.24. The van der Waals surface area contributed by atoms with Gasteiger partial charge in [-0.2, -0.15) is 0 Å². The SMILES string of the molecule is CC(C)[C@@H](C)NC(=O)Cc1csc(N2CCNC2=O)n1. The summed E-state index contributed by atoms with van der Waals surface area (Å²) in [5.74, 6) is 0.368. The Morgan fingerprint density at radius 1 is 1.55 bits per heavy atom. The van der Waals surface area contributed by atoms with Crippen LogP contribution in [-0.4, -0.2) is 36.1 Å². The maximum absolute atomic E-state index is 11.9. The molecule has 110 valence electrons. The van der Waals surface area contributed by atoms with Crippen molar-refractivity contribution in [2.75, 3.05) is 18.0 Å². The molecule has 0 spiro atoms. The second-order valence-electron chi connectivity index (χ2n) is 5.28. The molecule has 20 heavy (non-hydrogen) atoms. The van der Waals surface area contributed by atoms with Crippen LogP contribution in [0.4, 0.5) is 9.93 Å². The molecule has 1 aliphatic rings. The van der Waals surface area contributed by atoms with Crippen molar-refractivity contribution < 1.29 is 9.59 Å². The summed E-state index contributed by atoms with van der Waals surface area (Å²) < 4.78 is 0. The van der Waals surface area contributed by atoms with Crippen LogP contribution in [0.25, 0.3) is 0 Å². The molecule has 1 aromatic rings. The van der Waals surface area contributed by atoms with Crippen LogP contribution < -0.4 is 15.5 Å². The van der Waals surface area contributed by atoms with Gasteiger partial charge in [-0.1, -0.05) is 13.8 Å². The Balaban J connectivity index is 1.92. The van der Waals surface area contributed by atoms with E-state index in [0.29, 0.717) is 29.8 Å². The minimum absolute atomic E-state index is 0.0334. The van der Waals surface area contributed by atoms with Gasteiger partial charge in [-0.15, -0.1) is 11.3 Å². The van der Waals surface area contributed by atoms with Gasteiger partial charge in [0.1, 0.15) is 0 Å². The Hall–Kier alpha value is -1.63. The van der Waals surface area contributed by atoms with Gasteiger partial charge in [0.25, 0.3) is 0 Å². The number of aromatic nitrogens is 1. The molecule has 2 heterocycles. The molecule has 0 aromatic carbocycles. The molecule has 0 bridgehead atoms. The van der Waals surface area contributed by atoms with Gasteiger partial charge in [-0.3, -0.25) is 9.69 Å². The molecule has 1 aromatic heterocycles. The van der Waals surface area contributed by atoms with Crippen LogP contribution >= 0.6 is 11.3 Å². The van der Waals surface area contributed by atoms with Crippen molar-refractivity contribution in [2.24, 2.45) is 5.92 Å². The summed E-state index contributed by atoms with van der Waals surface area (Å²) in [5.41, 5.74) is 0.707. The first-order valence-electron chi connectivity index (χ1n) is 6.76. The van der Waals surface area contributed by atoms with Crippen molar-refractivity contribution in [3.8, 4) is 0 Å². The first kappa shape index (κ1) is 14.8. The fourth-order valence-electron chi connectivity index (χ4n) is 1.79. The molecule has 0 saturated carbocycles. The van der Waals surface area contributed by atoms with E-state index in [-0.39, 0.29) is 24.4 Å². The van der Waals surface area contributed by atoms with Crippen molar-refractivity contribution in [1.29, 1.82) is 0 Å². The highest BCUT2D eigenvalue weighted by molar-refractivity contribution is 7.14. The first-order chi connectivity index (χ1) is 9.47. The maximum Gasteiger partial charge on any atom is 0.323 e. The highest BCUT2D eigenvalue weighted by atomic mass is 32.1. The lowest BCUT2D eigenvalue weighted by Crippen LogP contribution is -2.37. The number of carbonyl (C=O) groups excluding carboxylic acids is 2. The van der Waals surface area contributed by atoms with Gasteiger partial charge in [0.05, 0.1) is 12.1 Å². The topological polar surface area (TPSA) is 74.3 Å². The third-order valence-electron chi connectivity index (χ3n) is 3.36. The monoisotopic (exact) mass is 296 g/mol. The minimum Gasteiger partial charge on any atom is -0.353 e. The third kappa shape index (κ3) is 3.47. The summed E-state index contributed by atoms with van der Waals surface area (Å²) >= 11 is 1.39. The Kier molecular flexibility index (Phi) is 4.59. The van der Waals surface area contributed by atoms with Gasteiger partial charge in [-0.05, 0) is 12.8 Å². The number of carbonyl (C=O) groups is 2. The largest absolute Gasteiger partial charge is 0.353 e. The maximum atomic E-state index is 11.9. The number of thiazole rings is 1. The Labute approximate surface area is 122 Å². The van der Waals surface area contributed by atoms with E-state index in [1.54, 1.807) is 4.90 Å². The average Bonchev–Trinajstić information content (AvgIpc) is 2.97. The number of urea groups is 1. The number of anilines is 1. The first-order valence-corrected chi connectivity index (χ1v) is 7.64. The number of hydrogen-bond donors (Lipinski definition) is 2. The van der Waals surface area contributed by atoms with Gasteiger partial charge in [0, 0.05) is 24.5 Å². The molecule has 1 fully saturated rings. The van der Waals surface area contributed by atoms with E-state index in [9.17, 15) is 9.59 Å². The second kappa shape index (κ2) is 6.21. The van der Waals surface area contributed by atoms with Crippen LogP contribution in [0, 0.1) is 5.92 Å². The van der Waals surface area contributed by atoms with Gasteiger partial charge in [0.2, 0.25) is 5.91 Å². The zero-order chi connectivity index (χ0) is 14.7. The smallest absolute Gasteiger partial charge is 0.323 e. The fraction of sp³-hybridized carbons (Fsp3) is 0.615. The lowest BCUT2D eigenvalue weighted by atomic mass is 10.1. The fourth-order valence-corrected chi connectivity index (χ4v) is 2.64. The van der Waals surface area contributed by atoms with E-state index in [1.807, 2.05) is 12.3 Å². The van der Waals surface area contributed by atoms with Gasteiger partial charge in [0.15, 0.2) is 5.13 Å². The van der Waals surface area contributed by atoms with Gasteiger partial charge in [-0.25, -0.2) is 9.78 Å². The summed E-state index contributed by atoms with van der Waals surface area (Å²) in [6.07, 6.45) is 0.253. The summed E-state index contributed by atoms with van der Waals surface area (Å²) in [6, 6.07) is 0.0220. The van der Waals surface area contributed by atoms with E-state index in [1.165, 1.54) is 11.3 Å². The highest BCUT2D eigenvalue weighted by Crippen LogP contribution is 2.22. The Morgan fingerprint density at radius 2 is 2.30 bits per heavy atom. The molecule has 1 saturated heterocycles. The van der Waals surface area contributed by atoms with Crippen LogP contribution in [0.5, 0.6) is 0 Å². The Bertz CT molecular complexity index is 500. The van der Waals surface area contributed by atoms with Crippen LogP contribution in [0.3, 0.4) is 0 Å². The summed E-state index contributed by atoms with van der Waals surface area (Å²) in [6.45, 7) is 7.39. The molecule has 6 nitrogen and oxygen atoms in total. The van der Waals surface area contributed by atoms with Crippen molar-refractivity contribution >= 4 is 28.4 Å². The Morgan fingerprint density at radius 3 is 2.90 bits per heavy atom. The molecule has 3 amide bonds. The van der Waals surface area contributed by atoms with Crippen LogP contribution in [0.2, 0.25) is 0 Å². The summed E-state index contributed by atoms with van der Waals surface area (Å²) in [4.78, 5) is 29.4. The van der Waals surface area contributed by atoms with E-state index in [2.05, 4.69) is 29.5 Å². The second-order valence-corrected chi connectivity index (χ2v) is 6.12. The molecule has 0 aliphatic carbocycles. The van der Waals surface area contributed by atoms with Crippen LogP contribution in [0.15, 0.2) is 5.38 Å². The zero-order valence-electron chi connectivity index (χ0n) is 12.0. The molecule has 1 atom stereocenters. The molecule has 2 rings (SSSR count). The molecular formula is C13H20N4O2S. The molecule has 2 N–H and O–H groups in total. The van der Waals surface area contributed by atoms with Crippen LogP contribution in [0.1, 0.15) is 26.5 Å². The van der Waals surface area contributed by atoms with Crippen molar-refractivity contribution in [3.05, 3.63) is 11.1 Å². The van der Waals surface area contributed by atoms with E-state index < -0.39 is 0 Å². The predicted octanol–water partition coefficient (Wildman–Crippen LogP) is 1.38. The van der Waals surface area contributed by atoms with Gasteiger partial charge < -0.3 is 10.6 Å². The average molecular weight is 296 g/mol. The lowest BCUT2D eigenvalue weighted by Gasteiger charge is -2.16. The number of nitrogens with zero attached hydrogens (tertiary/aromatic N) is 2. The third-order valence-corrected chi connectivity index (χ3v) is 4.27. The summed E-state index contributed by atoms with van der Waals surface area (Å²) in [7, 11) is 0. The predicted molar refractivity (Wildman–Crippen MR) is 79.0 cm³/mol. The molecular weight excluding hydrogens is 276 g/mol. The normalized spacial score (nSPS) is 16.4. The number of amides is 3. The standard InChI is InChI=1S/C13H20N4O2S/c1-8(2)9(3)15-11(18)6-10-7-20-13(16-10)17-5-4-14-12(17)19/h7-9H,4-6H2,1-3H3,(H,14,19)(H,15,18)/t9-/m1/s1. The van der Waals surface area contributed by atoms with Crippen molar-refractivity contribution in [1.82, 2.24) is 15.6 Å². The lowest BCUT2D eigenvalue weighted by molar-refractivity contribution is -0.121. The number of rotatable bonds is 5. The van der Waals surface area contributed by atoms with Crippen LogP contribution in [-0.2, 0) is 11.2 Å². The molecule has 0 unspecified atom stereocenters. The molecule has 0 radical (unpaired) electrons. The van der Waals surface area contributed by atoms with E-state index in [0.717, 1.165) is 0 Å². The van der Waals surface area contributed by atoms with Gasteiger partial charge >= 0.3 is 6.03 Å². The van der Waals surface area contributed by atoms with Crippen molar-refractivity contribution in [3.63, 3.8) is 0 Å². The molecule has 1 aliphatic heterocycles.